The molecule has 9 heteroatoms. The predicted molar refractivity (Wildman–Crippen MR) is 106 cm³/mol. The molecule has 1 aliphatic rings. The summed E-state index contributed by atoms with van der Waals surface area (Å²) in [6, 6.07) is 0.295. The van der Waals surface area contributed by atoms with Crippen molar-refractivity contribution in [2.24, 2.45) is 0 Å². The fraction of sp³-hybridized carbons (Fsp3) is 0.765. The second-order valence-corrected chi connectivity index (χ2v) is 13.1. The molecule has 0 radical (unpaired) electrons. The Labute approximate surface area is 156 Å². The molecule has 1 fully saturated rings. The van der Waals surface area contributed by atoms with Gasteiger partial charge in [-0.25, -0.2) is 9.97 Å². The van der Waals surface area contributed by atoms with E-state index in [2.05, 4.69) is 54.5 Å². The average Bonchev–Trinajstić information content (AvgIpc) is 3.33. The highest BCUT2D eigenvalue weighted by Gasteiger charge is 2.36. The third-order valence-corrected chi connectivity index (χ3v) is 9.59. The van der Waals surface area contributed by atoms with E-state index >= 15 is 0 Å². The van der Waals surface area contributed by atoms with Crippen LogP contribution < -0.4 is 10.6 Å². The number of nitro groups is 1. The summed E-state index contributed by atoms with van der Waals surface area (Å²) in [6.45, 7) is 12.5. The fourth-order valence-corrected chi connectivity index (χ4v) is 3.27. The molecule has 1 aromatic heterocycles. The Bertz CT molecular complexity index is 629. The van der Waals surface area contributed by atoms with Crippen LogP contribution in [0.1, 0.15) is 46.5 Å². The van der Waals surface area contributed by atoms with Crippen molar-refractivity contribution in [3.63, 3.8) is 0 Å². The van der Waals surface area contributed by atoms with Gasteiger partial charge in [-0.3, -0.25) is 10.1 Å². The third-order valence-electron chi connectivity index (χ3n) is 5.06. The van der Waals surface area contributed by atoms with Gasteiger partial charge < -0.3 is 15.1 Å². The van der Waals surface area contributed by atoms with Gasteiger partial charge in [-0.15, -0.1) is 0 Å². The Hall–Kier alpha value is -1.74. The van der Waals surface area contributed by atoms with Gasteiger partial charge in [0.25, 0.3) is 0 Å². The summed E-state index contributed by atoms with van der Waals surface area (Å²) < 4.78 is 6.15. The van der Waals surface area contributed by atoms with E-state index in [4.69, 9.17) is 4.43 Å². The molecule has 0 bridgehead atoms. The van der Waals surface area contributed by atoms with Crippen molar-refractivity contribution in [2.75, 3.05) is 23.8 Å². The lowest BCUT2D eigenvalue weighted by Crippen LogP contribution is -2.41. The summed E-state index contributed by atoms with van der Waals surface area (Å²) in [4.78, 5) is 19.1. The van der Waals surface area contributed by atoms with Crippen LogP contribution >= 0.6 is 0 Å². The number of rotatable bonds is 10. The van der Waals surface area contributed by atoms with Crippen molar-refractivity contribution in [3.8, 4) is 0 Å². The van der Waals surface area contributed by atoms with Gasteiger partial charge in [0.2, 0.25) is 11.6 Å². The van der Waals surface area contributed by atoms with Crippen LogP contribution in [0, 0.1) is 10.1 Å². The maximum atomic E-state index is 11.4. The molecule has 0 saturated heterocycles. The van der Waals surface area contributed by atoms with E-state index in [0.29, 0.717) is 18.4 Å². The van der Waals surface area contributed by atoms with Gasteiger partial charge in [0.05, 0.1) is 4.92 Å². The van der Waals surface area contributed by atoms with Gasteiger partial charge in [-0.05, 0) is 43.8 Å². The highest BCUT2D eigenvalue weighted by molar-refractivity contribution is 6.74. The Morgan fingerprint density at radius 1 is 1.27 bits per heavy atom. The van der Waals surface area contributed by atoms with Crippen molar-refractivity contribution >= 4 is 25.6 Å². The van der Waals surface area contributed by atoms with Crippen molar-refractivity contribution in [1.82, 2.24) is 9.97 Å². The summed E-state index contributed by atoms with van der Waals surface area (Å²) >= 11 is 0. The monoisotopic (exact) mass is 381 g/mol. The molecule has 2 rings (SSSR count). The maximum absolute atomic E-state index is 11.4. The standard InChI is InChI=1S/C17H31N5O3Si/c1-17(2,3)26(4,5)25-11-7-6-10-18-15-14(22(23)24)16(20-12-19-15)21-13-8-9-13/h12-13H,6-11H2,1-5H3,(H2,18,19,20,21). The van der Waals surface area contributed by atoms with Gasteiger partial charge >= 0.3 is 5.69 Å². The summed E-state index contributed by atoms with van der Waals surface area (Å²) in [7, 11) is -1.71. The van der Waals surface area contributed by atoms with Crippen LogP contribution in [-0.2, 0) is 4.43 Å². The number of hydrogen-bond acceptors (Lipinski definition) is 7. The van der Waals surface area contributed by atoms with E-state index in [-0.39, 0.29) is 16.5 Å². The minimum atomic E-state index is -1.71. The quantitative estimate of drug-likeness (QED) is 0.271. The van der Waals surface area contributed by atoms with Crippen LogP contribution in [0.4, 0.5) is 17.3 Å². The van der Waals surface area contributed by atoms with Gasteiger partial charge in [0, 0.05) is 19.2 Å². The molecule has 1 aliphatic carbocycles. The van der Waals surface area contributed by atoms with Crippen molar-refractivity contribution in [1.29, 1.82) is 0 Å². The summed E-state index contributed by atoms with van der Waals surface area (Å²) in [6.07, 6.45) is 5.18. The van der Waals surface area contributed by atoms with Gasteiger partial charge in [-0.2, -0.15) is 0 Å². The molecule has 0 unspecified atom stereocenters. The summed E-state index contributed by atoms with van der Waals surface area (Å²) in [5.41, 5.74) is -0.0723. The molecule has 146 valence electrons. The Kier molecular flexibility index (Phi) is 6.57. The average molecular weight is 382 g/mol. The molecule has 8 nitrogen and oxygen atoms in total. The number of nitrogens with zero attached hydrogens (tertiary/aromatic N) is 3. The lowest BCUT2D eigenvalue weighted by molar-refractivity contribution is -0.383. The van der Waals surface area contributed by atoms with Crippen LogP contribution in [0.25, 0.3) is 0 Å². The lowest BCUT2D eigenvalue weighted by atomic mass is 10.2. The minimum Gasteiger partial charge on any atom is -0.417 e. The number of nitrogens with one attached hydrogen (secondary N) is 2. The zero-order chi connectivity index (χ0) is 19.4. The van der Waals surface area contributed by atoms with E-state index in [0.717, 1.165) is 32.3 Å². The molecular formula is C17H31N5O3Si. The Morgan fingerprint density at radius 3 is 2.50 bits per heavy atom. The molecule has 0 aliphatic heterocycles. The highest BCUT2D eigenvalue weighted by atomic mass is 28.4. The molecule has 0 amide bonds. The smallest absolute Gasteiger partial charge is 0.353 e. The van der Waals surface area contributed by atoms with E-state index in [1.807, 2.05) is 0 Å². The maximum Gasteiger partial charge on any atom is 0.353 e. The second kappa shape index (κ2) is 8.30. The van der Waals surface area contributed by atoms with E-state index in [9.17, 15) is 10.1 Å². The topological polar surface area (TPSA) is 102 Å². The number of hydrogen-bond donors (Lipinski definition) is 2. The first-order chi connectivity index (χ1) is 12.1. The van der Waals surface area contributed by atoms with E-state index in [1.54, 1.807) is 0 Å². The predicted octanol–water partition coefficient (Wildman–Crippen LogP) is 4.17. The Balaban J connectivity index is 1.81. The molecule has 0 atom stereocenters. The van der Waals surface area contributed by atoms with Crippen LogP contribution in [-0.4, -0.2) is 42.4 Å². The molecule has 1 aromatic rings. The van der Waals surface area contributed by atoms with Crippen molar-refractivity contribution in [3.05, 3.63) is 16.4 Å². The van der Waals surface area contributed by atoms with Crippen LogP contribution in [0.15, 0.2) is 6.33 Å². The summed E-state index contributed by atoms with van der Waals surface area (Å²) in [5, 5.41) is 17.8. The van der Waals surface area contributed by atoms with Gasteiger partial charge in [0.1, 0.15) is 6.33 Å². The molecule has 26 heavy (non-hydrogen) atoms. The summed E-state index contributed by atoms with van der Waals surface area (Å²) in [5.74, 6) is 0.578. The first-order valence-electron chi connectivity index (χ1n) is 9.25. The SMILES string of the molecule is CC(C)(C)[Si](C)(C)OCCCCNc1ncnc(NC2CC2)c1[N+](=O)[O-]. The Morgan fingerprint density at radius 2 is 1.92 bits per heavy atom. The van der Waals surface area contributed by atoms with E-state index in [1.165, 1.54) is 6.33 Å². The number of unbranched alkanes of at least 4 members (excludes halogenated alkanes) is 1. The number of anilines is 2. The first-order valence-corrected chi connectivity index (χ1v) is 12.2. The number of aromatic nitrogens is 2. The van der Waals surface area contributed by atoms with Crippen LogP contribution in [0.3, 0.4) is 0 Å². The largest absolute Gasteiger partial charge is 0.417 e. The highest BCUT2D eigenvalue weighted by Crippen LogP contribution is 2.36. The van der Waals surface area contributed by atoms with Gasteiger partial charge in [-0.1, -0.05) is 20.8 Å². The molecular weight excluding hydrogens is 350 g/mol. The molecule has 1 heterocycles. The molecule has 1 saturated carbocycles. The zero-order valence-electron chi connectivity index (χ0n) is 16.5. The van der Waals surface area contributed by atoms with Gasteiger partial charge in [0.15, 0.2) is 8.32 Å². The normalized spacial score (nSPS) is 15.0. The van der Waals surface area contributed by atoms with E-state index < -0.39 is 13.2 Å². The van der Waals surface area contributed by atoms with Crippen LogP contribution in [0.2, 0.25) is 18.1 Å². The third kappa shape index (κ3) is 5.63. The fourth-order valence-electron chi connectivity index (χ4n) is 2.19. The van der Waals surface area contributed by atoms with Crippen molar-refractivity contribution in [2.45, 2.75) is 70.6 Å². The van der Waals surface area contributed by atoms with Crippen LogP contribution in [0.5, 0.6) is 0 Å². The van der Waals surface area contributed by atoms with Crippen molar-refractivity contribution < 1.29 is 9.35 Å². The molecule has 2 N–H and O–H groups in total. The second-order valence-electron chi connectivity index (χ2n) is 8.34. The molecule has 0 spiro atoms. The first kappa shape index (κ1) is 20.6. The minimum absolute atomic E-state index is 0.0723. The zero-order valence-corrected chi connectivity index (χ0v) is 17.5. The lowest BCUT2D eigenvalue weighted by Gasteiger charge is -2.36. The molecule has 0 aromatic carbocycles.